The predicted molar refractivity (Wildman–Crippen MR) is 75.2 cm³/mol. The first-order valence-corrected chi connectivity index (χ1v) is 6.14. The van der Waals surface area contributed by atoms with Crippen LogP contribution in [-0.4, -0.2) is 0 Å². The third-order valence-electron chi connectivity index (χ3n) is 3.64. The molecule has 0 fully saturated rings. The molecule has 2 aromatic rings. The van der Waals surface area contributed by atoms with Gasteiger partial charge >= 0.3 is 0 Å². The fraction of sp³-hybridized carbons (Fsp3) is 0.176. The topological polar surface area (TPSA) is 0 Å². The van der Waals surface area contributed by atoms with Gasteiger partial charge in [0.2, 0.25) is 0 Å². The maximum absolute atomic E-state index is 3.83. The van der Waals surface area contributed by atoms with E-state index in [1.165, 1.54) is 33.0 Å². The molecule has 0 atom stereocenters. The fourth-order valence-corrected chi connectivity index (χ4v) is 2.88. The van der Waals surface area contributed by atoms with Gasteiger partial charge in [0, 0.05) is 0 Å². The molecule has 0 saturated heterocycles. The summed E-state index contributed by atoms with van der Waals surface area (Å²) in [7, 11) is 0. The molecule has 0 N–H and O–H groups in total. The first-order chi connectivity index (χ1) is 8.31. The van der Waals surface area contributed by atoms with E-state index in [0.29, 0.717) is 0 Å². The molecule has 0 aromatic heterocycles. The van der Waals surface area contributed by atoms with E-state index in [4.69, 9.17) is 0 Å². The number of hydrogen-bond donors (Lipinski definition) is 0. The van der Waals surface area contributed by atoms with Crippen molar-refractivity contribution in [2.24, 2.45) is 0 Å². The van der Waals surface area contributed by atoms with Crippen molar-refractivity contribution < 1.29 is 0 Å². The maximum Gasteiger partial charge on any atom is -0.00738 e. The first-order valence-electron chi connectivity index (χ1n) is 6.14. The average molecular weight is 220 g/mol. The lowest BCUT2D eigenvalue weighted by Gasteiger charge is -2.22. The van der Waals surface area contributed by atoms with Gasteiger partial charge in [-0.1, -0.05) is 49.1 Å². The molecule has 1 aliphatic rings. The van der Waals surface area contributed by atoms with Gasteiger partial charge in [0.1, 0.15) is 0 Å². The maximum atomic E-state index is 3.83. The van der Waals surface area contributed by atoms with Crippen molar-refractivity contribution in [3.05, 3.63) is 65.8 Å². The van der Waals surface area contributed by atoms with E-state index in [0.717, 1.165) is 12.8 Å². The molecular weight excluding hydrogens is 204 g/mol. The van der Waals surface area contributed by atoms with Crippen LogP contribution in [0.1, 0.15) is 23.1 Å². The second-order valence-electron chi connectivity index (χ2n) is 4.70. The summed E-state index contributed by atoms with van der Waals surface area (Å²) in [6.07, 6.45) is 6.34. The van der Waals surface area contributed by atoms with Gasteiger partial charge in [0.25, 0.3) is 0 Å². The van der Waals surface area contributed by atoms with Crippen molar-refractivity contribution in [1.82, 2.24) is 0 Å². The minimum atomic E-state index is 1.13. The summed E-state index contributed by atoms with van der Waals surface area (Å²) >= 11 is 0. The van der Waals surface area contributed by atoms with Gasteiger partial charge in [-0.25, -0.2) is 0 Å². The van der Waals surface area contributed by atoms with Crippen molar-refractivity contribution in [2.75, 3.05) is 0 Å². The minimum absolute atomic E-state index is 1.13. The quantitative estimate of drug-likeness (QED) is 0.655. The summed E-state index contributed by atoms with van der Waals surface area (Å²) in [4.78, 5) is 0. The molecule has 1 aliphatic carbocycles. The number of rotatable bonds is 1. The smallest absolute Gasteiger partial charge is 0.00738 e. The normalized spacial score (nSPS) is 16.4. The van der Waals surface area contributed by atoms with E-state index in [-0.39, 0.29) is 0 Å². The molecule has 0 unspecified atom stereocenters. The number of hydrogen-bond acceptors (Lipinski definition) is 0. The molecule has 17 heavy (non-hydrogen) atoms. The summed E-state index contributed by atoms with van der Waals surface area (Å²) in [5.41, 5.74) is 5.73. The van der Waals surface area contributed by atoms with Gasteiger partial charge in [-0.2, -0.15) is 0 Å². The molecular formula is C17H16. The van der Waals surface area contributed by atoms with Crippen LogP contribution in [0.5, 0.6) is 0 Å². The van der Waals surface area contributed by atoms with Crippen molar-refractivity contribution >= 4 is 16.3 Å². The third-order valence-corrected chi connectivity index (χ3v) is 3.64. The molecule has 0 aliphatic heterocycles. The average Bonchev–Trinajstić information content (AvgIpc) is 2.35. The molecule has 0 nitrogen and oxygen atoms in total. The van der Waals surface area contributed by atoms with Crippen LogP contribution in [0.3, 0.4) is 0 Å². The van der Waals surface area contributed by atoms with E-state index in [9.17, 15) is 0 Å². The summed E-state index contributed by atoms with van der Waals surface area (Å²) in [6, 6.07) is 11.1. The van der Waals surface area contributed by atoms with Crippen molar-refractivity contribution in [3.63, 3.8) is 0 Å². The number of benzene rings is 2. The van der Waals surface area contributed by atoms with E-state index in [1.54, 1.807) is 0 Å². The van der Waals surface area contributed by atoms with E-state index in [2.05, 4.69) is 49.9 Å². The lowest BCUT2D eigenvalue weighted by molar-refractivity contribution is 1.01. The Hall–Kier alpha value is -1.82. The lowest BCUT2D eigenvalue weighted by Crippen LogP contribution is -2.02. The zero-order valence-corrected chi connectivity index (χ0v) is 10.2. The van der Waals surface area contributed by atoms with Gasteiger partial charge < -0.3 is 0 Å². The Labute approximate surface area is 102 Å². The van der Waals surface area contributed by atoms with Crippen LogP contribution < -0.4 is 0 Å². The second-order valence-corrected chi connectivity index (χ2v) is 4.70. The second kappa shape index (κ2) is 3.89. The van der Waals surface area contributed by atoms with Gasteiger partial charge in [0.05, 0.1) is 0 Å². The van der Waals surface area contributed by atoms with Crippen LogP contribution in [0.2, 0.25) is 0 Å². The molecule has 0 bridgehead atoms. The Morgan fingerprint density at radius 3 is 2.82 bits per heavy atom. The van der Waals surface area contributed by atoms with Gasteiger partial charge in [0.15, 0.2) is 0 Å². The van der Waals surface area contributed by atoms with Crippen LogP contribution in [0.4, 0.5) is 0 Å². The van der Waals surface area contributed by atoms with Crippen molar-refractivity contribution in [1.29, 1.82) is 0 Å². The minimum Gasteiger partial charge on any atom is -0.0991 e. The molecule has 84 valence electrons. The Kier molecular flexibility index (Phi) is 2.36. The lowest BCUT2D eigenvalue weighted by atomic mass is 9.82. The molecule has 3 rings (SSSR count). The molecule has 0 spiro atoms. The molecule has 0 heterocycles. The van der Waals surface area contributed by atoms with Crippen molar-refractivity contribution in [2.45, 2.75) is 19.8 Å². The van der Waals surface area contributed by atoms with Gasteiger partial charge in [-0.15, -0.1) is 0 Å². The zero-order chi connectivity index (χ0) is 11.8. The summed E-state index contributed by atoms with van der Waals surface area (Å²) in [6.45, 7) is 6.03. The van der Waals surface area contributed by atoms with Crippen LogP contribution in [-0.2, 0) is 6.42 Å². The fourth-order valence-electron chi connectivity index (χ4n) is 2.88. The highest BCUT2D eigenvalue weighted by Gasteiger charge is 2.17. The van der Waals surface area contributed by atoms with Crippen LogP contribution in [0, 0.1) is 6.92 Å². The number of aryl methyl sites for hydroxylation is 2. The Morgan fingerprint density at radius 2 is 2.00 bits per heavy atom. The molecule has 2 aromatic carbocycles. The number of allylic oxidation sites excluding steroid dienone is 3. The monoisotopic (exact) mass is 220 g/mol. The first kappa shape index (κ1) is 10.3. The highest BCUT2D eigenvalue weighted by molar-refractivity contribution is 5.99. The SMILES string of the molecule is C=C/C=C1/CCc2cccc3ccc(C)c1c23. The largest absolute Gasteiger partial charge is 0.0991 e. The zero-order valence-electron chi connectivity index (χ0n) is 10.2. The molecule has 0 radical (unpaired) electrons. The van der Waals surface area contributed by atoms with Crippen LogP contribution >= 0.6 is 0 Å². The predicted octanol–water partition coefficient (Wildman–Crippen LogP) is 4.66. The Morgan fingerprint density at radius 1 is 1.12 bits per heavy atom. The standard InChI is InChI=1S/C17H16/c1-3-5-13-10-11-15-7-4-6-14-9-8-12(2)16(13)17(14)15/h3-9H,1,10-11H2,2H3/b13-5-. The van der Waals surface area contributed by atoms with Crippen LogP contribution in [0.15, 0.2) is 49.1 Å². The molecule has 0 saturated carbocycles. The van der Waals surface area contributed by atoms with E-state index >= 15 is 0 Å². The Balaban J connectivity index is 2.45. The van der Waals surface area contributed by atoms with Gasteiger partial charge in [-0.3, -0.25) is 0 Å². The highest BCUT2D eigenvalue weighted by atomic mass is 14.2. The molecule has 0 heteroatoms. The van der Waals surface area contributed by atoms with E-state index < -0.39 is 0 Å². The summed E-state index contributed by atoms with van der Waals surface area (Å²) < 4.78 is 0. The highest BCUT2D eigenvalue weighted by Crippen LogP contribution is 2.37. The summed E-state index contributed by atoms with van der Waals surface area (Å²) in [5.74, 6) is 0. The Bertz CT molecular complexity index is 630. The van der Waals surface area contributed by atoms with Crippen LogP contribution in [0.25, 0.3) is 16.3 Å². The summed E-state index contributed by atoms with van der Waals surface area (Å²) in [5, 5.41) is 2.81. The van der Waals surface area contributed by atoms with E-state index in [1.807, 2.05) is 6.08 Å². The molecule has 0 amide bonds. The van der Waals surface area contributed by atoms with Crippen molar-refractivity contribution in [3.8, 4) is 0 Å². The third kappa shape index (κ3) is 1.52. The van der Waals surface area contributed by atoms with Gasteiger partial charge in [-0.05, 0) is 52.8 Å².